The number of pyridine rings is 1. The fourth-order valence-electron chi connectivity index (χ4n) is 0.446. The van der Waals surface area contributed by atoms with Gasteiger partial charge in [-0.25, -0.2) is 4.39 Å². The standard InChI is InChI=1S/C5H4FNOS/c6-3-1-4(9)5(8)7-2-3/h1-2,9H,(H,7,8). The van der Waals surface area contributed by atoms with Gasteiger partial charge in [-0.3, -0.25) is 4.79 Å². The third kappa shape index (κ3) is 1.32. The average Bonchev–Trinajstić information content (AvgIpc) is 1.80. The molecule has 0 saturated heterocycles. The van der Waals surface area contributed by atoms with E-state index in [0.29, 0.717) is 0 Å². The van der Waals surface area contributed by atoms with Gasteiger partial charge in [0.25, 0.3) is 5.56 Å². The van der Waals surface area contributed by atoms with E-state index < -0.39 is 5.82 Å². The van der Waals surface area contributed by atoms with E-state index in [2.05, 4.69) is 17.6 Å². The molecule has 0 saturated carbocycles. The SMILES string of the molecule is O=c1[nH]cc(F)cc1S. The van der Waals surface area contributed by atoms with Crippen molar-refractivity contribution in [3.63, 3.8) is 0 Å². The van der Waals surface area contributed by atoms with Crippen LogP contribution in [0.2, 0.25) is 0 Å². The quantitative estimate of drug-likeness (QED) is 0.520. The topological polar surface area (TPSA) is 32.9 Å². The molecular weight excluding hydrogens is 141 g/mol. The zero-order valence-electron chi connectivity index (χ0n) is 4.39. The Morgan fingerprint density at radius 1 is 1.67 bits per heavy atom. The lowest BCUT2D eigenvalue weighted by Gasteiger charge is -1.87. The molecule has 0 radical (unpaired) electrons. The lowest BCUT2D eigenvalue weighted by Crippen LogP contribution is -2.05. The number of H-pyrrole nitrogens is 1. The Kier molecular flexibility index (Phi) is 1.57. The van der Waals surface area contributed by atoms with Crippen LogP contribution in [0, 0.1) is 5.82 Å². The second-order valence-corrected chi connectivity index (χ2v) is 2.01. The summed E-state index contributed by atoms with van der Waals surface area (Å²) in [5.41, 5.74) is -0.375. The molecule has 0 aliphatic rings. The lowest BCUT2D eigenvalue weighted by atomic mass is 10.5. The van der Waals surface area contributed by atoms with Gasteiger partial charge in [-0.2, -0.15) is 0 Å². The number of thiol groups is 1. The molecule has 1 rings (SSSR count). The van der Waals surface area contributed by atoms with Crippen molar-refractivity contribution in [3.05, 3.63) is 28.4 Å². The lowest BCUT2D eigenvalue weighted by molar-refractivity contribution is 0.615. The molecule has 0 aliphatic carbocycles. The molecule has 0 atom stereocenters. The first-order valence-electron chi connectivity index (χ1n) is 2.27. The van der Waals surface area contributed by atoms with Crippen LogP contribution >= 0.6 is 12.6 Å². The Bertz CT molecular complexity index is 270. The molecule has 0 unspecified atom stereocenters. The van der Waals surface area contributed by atoms with Crippen molar-refractivity contribution in [3.8, 4) is 0 Å². The Morgan fingerprint density at radius 3 is 2.78 bits per heavy atom. The molecule has 1 N–H and O–H groups in total. The first-order valence-corrected chi connectivity index (χ1v) is 2.72. The molecule has 1 heterocycles. The minimum atomic E-state index is -0.486. The van der Waals surface area contributed by atoms with Crippen LogP contribution in [0.1, 0.15) is 0 Å². The highest BCUT2D eigenvalue weighted by atomic mass is 32.1. The van der Waals surface area contributed by atoms with Crippen LogP contribution in [0.3, 0.4) is 0 Å². The Hall–Kier alpha value is -0.770. The fourth-order valence-corrected chi connectivity index (χ4v) is 0.634. The Morgan fingerprint density at radius 2 is 2.33 bits per heavy atom. The zero-order valence-corrected chi connectivity index (χ0v) is 5.28. The van der Waals surface area contributed by atoms with Gasteiger partial charge in [0.2, 0.25) is 0 Å². The number of halogens is 1. The van der Waals surface area contributed by atoms with E-state index in [1.807, 2.05) is 0 Å². The van der Waals surface area contributed by atoms with Crippen molar-refractivity contribution in [1.82, 2.24) is 4.98 Å². The highest BCUT2D eigenvalue weighted by Gasteiger charge is 1.93. The maximum atomic E-state index is 12.1. The largest absolute Gasteiger partial charge is 0.325 e. The van der Waals surface area contributed by atoms with Gasteiger partial charge in [0.1, 0.15) is 5.82 Å². The van der Waals surface area contributed by atoms with E-state index in [-0.39, 0.29) is 10.5 Å². The molecule has 0 spiro atoms. The van der Waals surface area contributed by atoms with Crippen molar-refractivity contribution >= 4 is 12.6 Å². The smallest absolute Gasteiger partial charge is 0.261 e. The van der Waals surface area contributed by atoms with E-state index in [1.54, 1.807) is 0 Å². The molecule has 1 aromatic heterocycles. The number of aromatic nitrogens is 1. The molecule has 48 valence electrons. The maximum absolute atomic E-state index is 12.1. The van der Waals surface area contributed by atoms with Gasteiger partial charge in [0.05, 0.1) is 4.90 Å². The molecule has 0 amide bonds. The highest BCUT2D eigenvalue weighted by molar-refractivity contribution is 7.80. The van der Waals surface area contributed by atoms with Gasteiger partial charge < -0.3 is 4.98 Å². The normalized spacial score (nSPS) is 9.56. The van der Waals surface area contributed by atoms with Crippen LogP contribution in [0.25, 0.3) is 0 Å². The van der Waals surface area contributed by atoms with Crippen molar-refractivity contribution in [2.24, 2.45) is 0 Å². The molecule has 9 heavy (non-hydrogen) atoms. The molecule has 0 fully saturated rings. The van der Waals surface area contributed by atoms with Gasteiger partial charge in [-0.05, 0) is 6.07 Å². The predicted octanol–water partition coefficient (Wildman–Crippen LogP) is 0.803. The molecule has 0 bridgehead atoms. The molecular formula is C5H4FNOS. The van der Waals surface area contributed by atoms with Crippen LogP contribution in [-0.4, -0.2) is 4.98 Å². The van der Waals surface area contributed by atoms with Gasteiger partial charge in [-0.15, -0.1) is 12.6 Å². The molecule has 2 nitrogen and oxygen atoms in total. The third-order valence-electron chi connectivity index (χ3n) is 0.848. The molecule has 4 heteroatoms. The van der Waals surface area contributed by atoms with Crippen molar-refractivity contribution in [2.75, 3.05) is 0 Å². The summed E-state index contributed by atoms with van der Waals surface area (Å²) in [7, 11) is 0. The zero-order chi connectivity index (χ0) is 6.85. The Labute approximate surface area is 56.1 Å². The number of aromatic amines is 1. The van der Waals surface area contributed by atoms with Crippen LogP contribution < -0.4 is 5.56 Å². The third-order valence-corrected chi connectivity index (χ3v) is 1.18. The number of hydrogen-bond donors (Lipinski definition) is 2. The monoisotopic (exact) mass is 145 g/mol. The average molecular weight is 145 g/mol. The van der Waals surface area contributed by atoms with E-state index in [0.717, 1.165) is 12.3 Å². The predicted molar refractivity (Wildman–Crippen MR) is 34.3 cm³/mol. The van der Waals surface area contributed by atoms with Crippen LogP contribution in [0.15, 0.2) is 22.0 Å². The van der Waals surface area contributed by atoms with Crippen LogP contribution in [0.5, 0.6) is 0 Å². The maximum Gasteiger partial charge on any atom is 0.261 e. The summed E-state index contributed by atoms with van der Waals surface area (Å²) in [6, 6.07) is 1.06. The summed E-state index contributed by atoms with van der Waals surface area (Å²) in [5, 5.41) is 0. The number of nitrogens with one attached hydrogen (secondary N) is 1. The first-order chi connectivity index (χ1) is 4.20. The van der Waals surface area contributed by atoms with Crippen molar-refractivity contribution in [2.45, 2.75) is 4.90 Å². The van der Waals surface area contributed by atoms with Crippen molar-refractivity contribution < 1.29 is 4.39 Å². The second kappa shape index (κ2) is 2.23. The minimum absolute atomic E-state index is 0.0926. The van der Waals surface area contributed by atoms with E-state index >= 15 is 0 Å². The van der Waals surface area contributed by atoms with Crippen molar-refractivity contribution in [1.29, 1.82) is 0 Å². The molecule has 0 aromatic carbocycles. The summed E-state index contributed by atoms with van der Waals surface area (Å²) in [4.78, 5) is 12.7. The summed E-state index contributed by atoms with van der Waals surface area (Å²) < 4.78 is 12.1. The summed E-state index contributed by atoms with van der Waals surface area (Å²) >= 11 is 3.68. The van der Waals surface area contributed by atoms with Gasteiger partial charge >= 0.3 is 0 Å². The van der Waals surface area contributed by atoms with Gasteiger partial charge in [0, 0.05) is 6.20 Å². The number of hydrogen-bond acceptors (Lipinski definition) is 2. The minimum Gasteiger partial charge on any atom is -0.325 e. The molecule has 1 aromatic rings. The fraction of sp³-hybridized carbons (Fsp3) is 0. The van der Waals surface area contributed by atoms with Gasteiger partial charge in [-0.1, -0.05) is 0 Å². The van der Waals surface area contributed by atoms with Gasteiger partial charge in [0.15, 0.2) is 0 Å². The Balaban J connectivity index is 3.34. The summed E-state index contributed by atoms with van der Waals surface area (Å²) in [6.45, 7) is 0. The highest BCUT2D eigenvalue weighted by Crippen LogP contribution is 1.98. The van der Waals surface area contributed by atoms with E-state index in [1.165, 1.54) is 0 Å². The van der Waals surface area contributed by atoms with Crippen LogP contribution in [0.4, 0.5) is 4.39 Å². The number of rotatable bonds is 0. The summed E-state index contributed by atoms with van der Waals surface area (Å²) in [6.07, 6.45) is 0.988. The summed E-state index contributed by atoms with van der Waals surface area (Å²) in [5.74, 6) is -0.486. The first kappa shape index (κ1) is 6.35. The second-order valence-electron chi connectivity index (χ2n) is 1.53. The molecule has 0 aliphatic heterocycles. The van der Waals surface area contributed by atoms with Crippen LogP contribution in [-0.2, 0) is 0 Å². The van der Waals surface area contributed by atoms with E-state index in [9.17, 15) is 9.18 Å². The van der Waals surface area contributed by atoms with E-state index in [4.69, 9.17) is 0 Å².